The lowest BCUT2D eigenvalue weighted by Gasteiger charge is -2.32. The van der Waals surface area contributed by atoms with Gasteiger partial charge in [-0.2, -0.15) is 4.98 Å². The molecule has 2 aromatic rings. The summed E-state index contributed by atoms with van der Waals surface area (Å²) in [6.07, 6.45) is 3.47. The lowest BCUT2D eigenvalue weighted by molar-refractivity contribution is 0.206. The molecule has 152 valence electrons. The molecule has 0 atom stereocenters. The Balaban J connectivity index is 1.56. The minimum absolute atomic E-state index is 0.338. The summed E-state index contributed by atoms with van der Waals surface area (Å²) < 4.78 is 5.35. The fraction of sp³-hybridized carbons (Fsp3) is 0.550. The maximum absolute atomic E-state index is 5.92. The van der Waals surface area contributed by atoms with Gasteiger partial charge in [-0.25, -0.2) is 4.99 Å². The third kappa shape index (κ3) is 5.94. The zero-order valence-electron chi connectivity index (χ0n) is 16.6. The topological polar surface area (TPSA) is 78.6 Å². The summed E-state index contributed by atoms with van der Waals surface area (Å²) in [7, 11) is 0. The lowest BCUT2D eigenvalue weighted by atomic mass is 10.1. The second-order valence-electron chi connectivity index (χ2n) is 6.97. The van der Waals surface area contributed by atoms with E-state index in [1.54, 1.807) is 0 Å². The van der Waals surface area contributed by atoms with Gasteiger partial charge in [-0.15, -0.1) is 0 Å². The van der Waals surface area contributed by atoms with E-state index in [1.165, 1.54) is 13.0 Å². The van der Waals surface area contributed by atoms with E-state index in [9.17, 15) is 0 Å². The molecule has 2 heterocycles. The summed E-state index contributed by atoms with van der Waals surface area (Å²) in [5.74, 6) is 1.82. The van der Waals surface area contributed by atoms with Crippen molar-refractivity contribution >= 4 is 17.6 Å². The van der Waals surface area contributed by atoms with Gasteiger partial charge in [0, 0.05) is 36.3 Å². The van der Waals surface area contributed by atoms with Gasteiger partial charge in [0.1, 0.15) is 6.54 Å². The SMILES string of the molecule is CCCN1CCC(NC(=NCc2nc(-c3ccc(Cl)cc3)no2)NCC)CC1. The highest BCUT2D eigenvalue weighted by Gasteiger charge is 2.19. The Labute approximate surface area is 171 Å². The fourth-order valence-electron chi connectivity index (χ4n) is 3.31. The molecular weight excluding hydrogens is 376 g/mol. The number of likely N-dealkylation sites (tertiary alicyclic amines) is 1. The summed E-state index contributed by atoms with van der Waals surface area (Å²) in [5.41, 5.74) is 0.868. The van der Waals surface area contributed by atoms with Crippen LogP contribution in [0.25, 0.3) is 11.4 Å². The number of aliphatic imine (C=N–C) groups is 1. The van der Waals surface area contributed by atoms with E-state index in [2.05, 4.69) is 44.5 Å². The van der Waals surface area contributed by atoms with Crippen LogP contribution in [0.1, 0.15) is 39.0 Å². The van der Waals surface area contributed by atoms with Crippen LogP contribution in [-0.4, -0.2) is 53.2 Å². The standard InChI is InChI=1S/C20H29ClN6O/c1-3-11-27-12-9-17(10-13-27)24-20(22-4-2)23-14-18-25-19(26-28-18)15-5-7-16(21)8-6-15/h5-8,17H,3-4,9-14H2,1-2H3,(H2,22,23,24). The highest BCUT2D eigenvalue weighted by molar-refractivity contribution is 6.30. The van der Waals surface area contributed by atoms with Crippen LogP contribution in [0, 0.1) is 0 Å². The van der Waals surface area contributed by atoms with Crippen molar-refractivity contribution in [2.45, 2.75) is 45.7 Å². The predicted octanol–water partition coefficient (Wildman–Crippen LogP) is 3.32. The second-order valence-corrected chi connectivity index (χ2v) is 7.41. The van der Waals surface area contributed by atoms with Gasteiger partial charge in [0.2, 0.25) is 11.7 Å². The molecule has 0 aliphatic carbocycles. The molecule has 0 radical (unpaired) electrons. The molecule has 0 bridgehead atoms. The molecule has 0 spiro atoms. The number of halogens is 1. The van der Waals surface area contributed by atoms with E-state index < -0.39 is 0 Å². The van der Waals surface area contributed by atoms with Crippen LogP contribution in [0.15, 0.2) is 33.8 Å². The summed E-state index contributed by atoms with van der Waals surface area (Å²) >= 11 is 5.92. The van der Waals surface area contributed by atoms with Crippen LogP contribution >= 0.6 is 11.6 Å². The Hall–Kier alpha value is -2.12. The first kappa shape index (κ1) is 20.6. The Kier molecular flexibility index (Phi) is 7.68. The van der Waals surface area contributed by atoms with Gasteiger partial charge in [-0.05, 0) is 57.0 Å². The highest BCUT2D eigenvalue weighted by atomic mass is 35.5. The third-order valence-electron chi connectivity index (χ3n) is 4.76. The van der Waals surface area contributed by atoms with Gasteiger partial charge in [-0.1, -0.05) is 23.7 Å². The van der Waals surface area contributed by atoms with E-state index in [0.29, 0.717) is 29.3 Å². The van der Waals surface area contributed by atoms with Crippen molar-refractivity contribution in [1.29, 1.82) is 0 Å². The molecule has 1 saturated heterocycles. The molecule has 0 unspecified atom stereocenters. The van der Waals surface area contributed by atoms with Crippen molar-refractivity contribution in [3.05, 3.63) is 35.2 Å². The molecule has 1 fully saturated rings. The van der Waals surface area contributed by atoms with E-state index >= 15 is 0 Å². The molecule has 3 rings (SSSR count). The van der Waals surface area contributed by atoms with E-state index in [-0.39, 0.29) is 0 Å². The highest BCUT2D eigenvalue weighted by Crippen LogP contribution is 2.18. The first-order chi connectivity index (χ1) is 13.7. The molecule has 28 heavy (non-hydrogen) atoms. The summed E-state index contributed by atoms with van der Waals surface area (Å²) in [6, 6.07) is 7.81. The third-order valence-corrected chi connectivity index (χ3v) is 5.01. The Bertz CT molecular complexity index is 752. The van der Waals surface area contributed by atoms with Crippen molar-refractivity contribution in [3.8, 4) is 11.4 Å². The summed E-state index contributed by atoms with van der Waals surface area (Å²) in [5, 5.41) is 11.6. The van der Waals surface area contributed by atoms with Gasteiger partial charge >= 0.3 is 0 Å². The van der Waals surface area contributed by atoms with E-state index in [4.69, 9.17) is 16.1 Å². The van der Waals surface area contributed by atoms with Gasteiger partial charge in [0.05, 0.1) is 0 Å². The average Bonchev–Trinajstić information content (AvgIpc) is 3.18. The van der Waals surface area contributed by atoms with Crippen molar-refractivity contribution in [1.82, 2.24) is 25.7 Å². The van der Waals surface area contributed by atoms with Crippen molar-refractivity contribution in [2.24, 2.45) is 4.99 Å². The molecule has 7 nitrogen and oxygen atoms in total. The average molecular weight is 405 g/mol. The molecule has 1 aromatic heterocycles. The Morgan fingerprint density at radius 3 is 2.68 bits per heavy atom. The Morgan fingerprint density at radius 2 is 2.00 bits per heavy atom. The maximum atomic E-state index is 5.92. The lowest BCUT2D eigenvalue weighted by Crippen LogP contribution is -2.48. The van der Waals surface area contributed by atoms with Gasteiger partial charge in [-0.3, -0.25) is 0 Å². The predicted molar refractivity (Wildman–Crippen MR) is 112 cm³/mol. The number of rotatable bonds is 7. The fourth-order valence-corrected chi connectivity index (χ4v) is 3.44. The van der Waals surface area contributed by atoms with E-state index in [1.807, 2.05) is 24.3 Å². The summed E-state index contributed by atoms with van der Waals surface area (Å²) in [4.78, 5) is 11.6. The molecule has 1 aliphatic rings. The molecule has 8 heteroatoms. The normalized spacial score (nSPS) is 16.3. The number of benzene rings is 1. The van der Waals surface area contributed by atoms with Crippen molar-refractivity contribution < 1.29 is 4.52 Å². The van der Waals surface area contributed by atoms with Gasteiger partial charge in [0.15, 0.2) is 5.96 Å². The molecular formula is C20H29ClN6O. The number of hydrogen-bond acceptors (Lipinski definition) is 5. The number of piperidine rings is 1. The van der Waals surface area contributed by atoms with Crippen molar-refractivity contribution in [3.63, 3.8) is 0 Å². The molecule has 2 N–H and O–H groups in total. The first-order valence-corrected chi connectivity index (χ1v) is 10.4. The van der Waals surface area contributed by atoms with Crippen LogP contribution in [0.2, 0.25) is 5.02 Å². The quantitative estimate of drug-likeness (QED) is 0.544. The number of nitrogens with one attached hydrogen (secondary N) is 2. The molecule has 1 aromatic carbocycles. The first-order valence-electron chi connectivity index (χ1n) is 10.0. The zero-order chi connectivity index (χ0) is 19.8. The number of guanidine groups is 1. The largest absolute Gasteiger partial charge is 0.357 e. The van der Waals surface area contributed by atoms with Crippen LogP contribution in [0.3, 0.4) is 0 Å². The van der Waals surface area contributed by atoms with Gasteiger partial charge in [0.25, 0.3) is 0 Å². The van der Waals surface area contributed by atoms with Crippen LogP contribution in [0.4, 0.5) is 0 Å². The van der Waals surface area contributed by atoms with Gasteiger partial charge < -0.3 is 20.1 Å². The zero-order valence-corrected chi connectivity index (χ0v) is 17.4. The number of hydrogen-bond donors (Lipinski definition) is 2. The molecule has 0 amide bonds. The van der Waals surface area contributed by atoms with Crippen LogP contribution < -0.4 is 10.6 Å². The number of nitrogens with zero attached hydrogens (tertiary/aromatic N) is 4. The van der Waals surface area contributed by atoms with Crippen LogP contribution in [0.5, 0.6) is 0 Å². The van der Waals surface area contributed by atoms with Crippen molar-refractivity contribution in [2.75, 3.05) is 26.2 Å². The van der Waals surface area contributed by atoms with Crippen LogP contribution in [-0.2, 0) is 6.54 Å². The smallest absolute Gasteiger partial charge is 0.248 e. The second kappa shape index (κ2) is 10.4. The number of aromatic nitrogens is 2. The minimum Gasteiger partial charge on any atom is -0.357 e. The maximum Gasteiger partial charge on any atom is 0.248 e. The van der Waals surface area contributed by atoms with E-state index in [0.717, 1.165) is 44.0 Å². The Morgan fingerprint density at radius 1 is 1.25 bits per heavy atom. The minimum atomic E-state index is 0.338. The molecule has 1 aliphatic heterocycles. The molecule has 0 saturated carbocycles. The monoisotopic (exact) mass is 404 g/mol. The summed E-state index contributed by atoms with van der Waals surface area (Å²) in [6.45, 7) is 8.90.